The van der Waals surface area contributed by atoms with Gasteiger partial charge in [-0.3, -0.25) is 4.57 Å². The maximum absolute atomic E-state index is 10.2. The predicted octanol–water partition coefficient (Wildman–Crippen LogP) is 0.135. The highest BCUT2D eigenvalue weighted by Gasteiger charge is 2.44. The van der Waals surface area contributed by atoms with Crippen LogP contribution in [0.3, 0.4) is 0 Å². The maximum atomic E-state index is 10.2. The molecule has 0 aliphatic carbocycles. The summed E-state index contributed by atoms with van der Waals surface area (Å²) in [6.07, 6.45) is -1.92. The molecule has 20 heavy (non-hydrogen) atoms. The summed E-state index contributed by atoms with van der Waals surface area (Å²) >= 11 is 2.71. The van der Waals surface area contributed by atoms with Crippen molar-refractivity contribution < 1.29 is 20.1 Å². The molecule has 0 amide bonds. The standard InChI is InChI=1S/C11H15N3O4S2/c1-4-6-10(20-13-4)14(11(12-6)19-2)9-8(17)7(16)5(3-15)18-9/h5,7-9,15-17H,3H2,1-2H3/t5-,7-,8+,9-/m1/s1. The Morgan fingerprint density at radius 1 is 1.40 bits per heavy atom. The average molecular weight is 317 g/mol. The van der Waals surface area contributed by atoms with Crippen molar-refractivity contribution in [3.63, 3.8) is 0 Å². The summed E-state index contributed by atoms with van der Waals surface area (Å²) in [6.45, 7) is 1.53. The molecule has 0 radical (unpaired) electrons. The minimum atomic E-state index is -1.12. The molecule has 0 unspecified atom stereocenters. The van der Waals surface area contributed by atoms with E-state index in [-0.39, 0.29) is 6.61 Å². The van der Waals surface area contributed by atoms with Crippen LogP contribution >= 0.6 is 23.3 Å². The number of aliphatic hydroxyl groups excluding tert-OH is 3. The first-order valence-electron chi connectivity index (χ1n) is 6.09. The highest BCUT2D eigenvalue weighted by Crippen LogP contribution is 2.37. The Morgan fingerprint density at radius 2 is 2.15 bits per heavy atom. The third-order valence-corrected chi connectivity index (χ3v) is 4.98. The number of thioether (sulfide) groups is 1. The van der Waals surface area contributed by atoms with E-state index in [1.54, 1.807) is 4.57 Å². The van der Waals surface area contributed by atoms with Gasteiger partial charge in [0.2, 0.25) is 0 Å². The van der Waals surface area contributed by atoms with Crippen molar-refractivity contribution in [2.24, 2.45) is 0 Å². The Kier molecular flexibility index (Phi) is 3.73. The van der Waals surface area contributed by atoms with Gasteiger partial charge in [0.25, 0.3) is 0 Å². The zero-order valence-electron chi connectivity index (χ0n) is 10.9. The van der Waals surface area contributed by atoms with Crippen LogP contribution in [0.5, 0.6) is 0 Å². The van der Waals surface area contributed by atoms with Gasteiger partial charge >= 0.3 is 0 Å². The lowest BCUT2D eigenvalue weighted by Crippen LogP contribution is -2.33. The van der Waals surface area contributed by atoms with Gasteiger partial charge in [0.05, 0.1) is 12.3 Å². The molecule has 1 saturated heterocycles. The zero-order valence-corrected chi connectivity index (χ0v) is 12.6. The van der Waals surface area contributed by atoms with Crippen molar-refractivity contribution in [2.45, 2.75) is 36.6 Å². The number of rotatable bonds is 3. The average Bonchev–Trinajstić information content (AvgIpc) is 3.06. The minimum absolute atomic E-state index is 0.344. The van der Waals surface area contributed by atoms with Crippen LogP contribution in [-0.4, -0.2) is 60.4 Å². The molecule has 1 fully saturated rings. The molecule has 1 aliphatic rings. The van der Waals surface area contributed by atoms with E-state index in [0.29, 0.717) is 5.16 Å². The number of hydrogen-bond donors (Lipinski definition) is 3. The predicted molar refractivity (Wildman–Crippen MR) is 74.9 cm³/mol. The first-order chi connectivity index (χ1) is 9.58. The quantitative estimate of drug-likeness (QED) is 0.692. The molecule has 3 heterocycles. The first-order valence-corrected chi connectivity index (χ1v) is 8.09. The van der Waals surface area contributed by atoms with Crippen LogP contribution in [0.15, 0.2) is 5.16 Å². The van der Waals surface area contributed by atoms with Crippen molar-refractivity contribution in [3.05, 3.63) is 5.69 Å². The fourth-order valence-electron chi connectivity index (χ4n) is 2.34. The van der Waals surface area contributed by atoms with Crippen molar-refractivity contribution in [1.29, 1.82) is 0 Å². The molecule has 4 atom stereocenters. The molecule has 1 aliphatic heterocycles. The molecule has 9 heteroatoms. The second-order valence-corrected chi connectivity index (χ2v) is 6.14. The Hall–Kier alpha value is -0.710. The first kappa shape index (κ1) is 14.2. The second-order valence-electron chi connectivity index (χ2n) is 4.62. The summed E-state index contributed by atoms with van der Waals surface area (Å²) in [5.41, 5.74) is 1.60. The van der Waals surface area contributed by atoms with E-state index >= 15 is 0 Å². The van der Waals surface area contributed by atoms with Gasteiger partial charge in [-0.15, -0.1) is 0 Å². The third-order valence-electron chi connectivity index (χ3n) is 3.40. The fourth-order valence-corrected chi connectivity index (χ4v) is 3.84. The van der Waals surface area contributed by atoms with Gasteiger partial charge in [0.1, 0.15) is 28.7 Å². The highest BCUT2D eigenvalue weighted by atomic mass is 32.2. The highest BCUT2D eigenvalue weighted by molar-refractivity contribution is 7.98. The number of aliphatic hydroxyl groups is 3. The molecule has 3 N–H and O–H groups in total. The number of nitrogens with zero attached hydrogens (tertiary/aromatic N) is 3. The largest absolute Gasteiger partial charge is 0.394 e. The lowest BCUT2D eigenvalue weighted by molar-refractivity contribution is -0.0543. The summed E-state index contributed by atoms with van der Waals surface area (Å²) in [6, 6.07) is 0. The monoisotopic (exact) mass is 317 g/mol. The normalized spacial score (nSPS) is 30.4. The van der Waals surface area contributed by atoms with E-state index in [1.807, 2.05) is 13.2 Å². The molecule has 0 spiro atoms. The van der Waals surface area contributed by atoms with Crippen molar-refractivity contribution in [2.75, 3.05) is 12.9 Å². The zero-order chi connectivity index (χ0) is 14.4. The molecule has 2 aromatic heterocycles. The van der Waals surface area contributed by atoms with E-state index in [4.69, 9.17) is 4.74 Å². The van der Waals surface area contributed by atoms with E-state index < -0.39 is 24.5 Å². The topological polar surface area (TPSA) is 101 Å². The summed E-state index contributed by atoms with van der Waals surface area (Å²) in [5, 5.41) is 29.9. The molecular formula is C11H15N3O4S2. The lowest BCUT2D eigenvalue weighted by Gasteiger charge is -2.18. The van der Waals surface area contributed by atoms with Crippen LogP contribution in [0, 0.1) is 6.92 Å². The molecule has 2 aromatic rings. The Bertz CT molecular complexity index is 628. The number of ether oxygens (including phenoxy) is 1. The van der Waals surface area contributed by atoms with Crippen LogP contribution in [0.25, 0.3) is 10.3 Å². The molecule has 3 rings (SSSR count). The number of imidazole rings is 1. The van der Waals surface area contributed by atoms with Crippen LogP contribution in [-0.2, 0) is 4.74 Å². The molecule has 0 aromatic carbocycles. The van der Waals surface area contributed by atoms with Gasteiger partial charge in [-0.2, -0.15) is 4.37 Å². The van der Waals surface area contributed by atoms with Gasteiger partial charge in [-0.1, -0.05) is 11.8 Å². The van der Waals surface area contributed by atoms with Crippen molar-refractivity contribution in [3.8, 4) is 0 Å². The van der Waals surface area contributed by atoms with E-state index in [1.165, 1.54) is 23.3 Å². The second kappa shape index (κ2) is 5.24. The molecule has 7 nitrogen and oxygen atoms in total. The summed E-state index contributed by atoms with van der Waals surface area (Å²) in [5.74, 6) is 0. The van der Waals surface area contributed by atoms with Crippen LogP contribution in [0.1, 0.15) is 11.9 Å². The molecule has 0 saturated carbocycles. The van der Waals surface area contributed by atoms with Crippen LogP contribution < -0.4 is 0 Å². The number of aromatic nitrogens is 3. The minimum Gasteiger partial charge on any atom is -0.394 e. The number of aryl methyl sites for hydroxylation is 1. The number of hydrogen-bond acceptors (Lipinski definition) is 8. The lowest BCUT2D eigenvalue weighted by atomic mass is 10.1. The Labute approximate surface area is 123 Å². The van der Waals surface area contributed by atoms with Crippen LogP contribution in [0.2, 0.25) is 0 Å². The number of fused-ring (bicyclic) bond motifs is 1. The fraction of sp³-hybridized carbons (Fsp3) is 0.636. The molecular weight excluding hydrogens is 302 g/mol. The van der Waals surface area contributed by atoms with E-state index in [9.17, 15) is 15.3 Å². The van der Waals surface area contributed by atoms with Gasteiger partial charge in [-0.25, -0.2) is 4.98 Å². The van der Waals surface area contributed by atoms with Gasteiger partial charge in [-0.05, 0) is 24.7 Å². The molecule has 0 bridgehead atoms. The summed E-state index contributed by atoms with van der Waals surface area (Å²) < 4.78 is 11.6. The summed E-state index contributed by atoms with van der Waals surface area (Å²) in [7, 11) is 0. The Balaban J connectivity index is 2.09. The Morgan fingerprint density at radius 3 is 2.75 bits per heavy atom. The maximum Gasteiger partial charge on any atom is 0.171 e. The van der Waals surface area contributed by atoms with Crippen LogP contribution in [0.4, 0.5) is 0 Å². The van der Waals surface area contributed by atoms with Gasteiger partial charge < -0.3 is 20.1 Å². The smallest absolute Gasteiger partial charge is 0.171 e. The SMILES string of the molecule is CSc1nc2c(C)nsc2n1[C@@H]1O[C@H](CO)[C@@H](O)[C@@H]1O. The van der Waals surface area contributed by atoms with Crippen molar-refractivity contribution in [1.82, 2.24) is 13.9 Å². The summed E-state index contributed by atoms with van der Waals surface area (Å²) in [4.78, 5) is 5.28. The third kappa shape index (κ3) is 1.97. The van der Waals surface area contributed by atoms with Gasteiger partial charge in [0.15, 0.2) is 11.4 Å². The molecule has 110 valence electrons. The van der Waals surface area contributed by atoms with E-state index in [2.05, 4.69) is 9.36 Å². The van der Waals surface area contributed by atoms with Gasteiger partial charge in [0, 0.05) is 0 Å². The van der Waals surface area contributed by atoms with E-state index in [0.717, 1.165) is 16.0 Å². The van der Waals surface area contributed by atoms with Crippen molar-refractivity contribution >= 4 is 33.6 Å².